The average Bonchev–Trinajstić information content (AvgIpc) is 2.68. The predicted molar refractivity (Wildman–Crippen MR) is 89.2 cm³/mol. The molecular formula is C16H26N2O2Si. The molecule has 2 rings (SSSR count). The first-order valence-corrected chi connectivity index (χ1v) is 11.2. The summed E-state index contributed by atoms with van der Waals surface area (Å²) in [5, 5.41) is 9.65. The summed E-state index contributed by atoms with van der Waals surface area (Å²) < 4.78 is 7.92. The number of hydrogen-bond donors (Lipinski definition) is 1. The standard InChI is InChI=1S/C16H26N2O2Si/c1-12(19)14-6-7-16-15(10-14)17-13(2)18(16)11-20-8-9-21(3,4)5/h6-7,10,12,19H,8-9,11H2,1-5H3. The molecule has 21 heavy (non-hydrogen) atoms. The quantitative estimate of drug-likeness (QED) is 0.654. The maximum Gasteiger partial charge on any atom is 0.124 e. The Morgan fingerprint density at radius 2 is 2.05 bits per heavy atom. The van der Waals surface area contributed by atoms with Gasteiger partial charge < -0.3 is 14.4 Å². The van der Waals surface area contributed by atoms with Gasteiger partial charge in [0.25, 0.3) is 0 Å². The fourth-order valence-electron chi connectivity index (χ4n) is 2.22. The Labute approximate surface area is 127 Å². The van der Waals surface area contributed by atoms with Gasteiger partial charge in [0, 0.05) is 14.7 Å². The number of hydrogen-bond acceptors (Lipinski definition) is 3. The van der Waals surface area contributed by atoms with E-state index in [-0.39, 0.29) is 0 Å². The molecule has 1 heterocycles. The Bertz CT molecular complexity index is 614. The minimum atomic E-state index is -1.04. The van der Waals surface area contributed by atoms with Crippen molar-refractivity contribution in [1.82, 2.24) is 9.55 Å². The molecule has 1 aromatic carbocycles. The van der Waals surface area contributed by atoms with E-state index < -0.39 is 14.2 Å². The van der Waals surface area contributed by atoms with Gasteiger partial charge in [0.2, 0.25) is 0 Å². The first-order chi connectivity index (χ1) is 9.78. The molecule has 2 aromatic rings. The zero-order valence-electron chi connectivity index (χ0n) is 13.7. The van der Waals surface area contributed by atoms with Crippen molar-refractivity contribution in [3.8, 4) is 0 Å². The number of fused-ring (bicyclic) bond motifs is 1. The maximum atomic E-state index is 9.65. The van der Waals surface area contributed by atoms with Crippen LogP contribution in [0.15, 0.2) is 18.2 Å². The highest BCUT2D eigenvalue weighted by molar-refractivity contribution is 6.76. The Kier molecular flexibility index (Phi) is 4.86. The van der Waals surface area contributed by atoms with E-state index in [9.17, 15) is 5.11 Å². The highest BCUT2D eigenvalue weighted by Crippen LogP contribution is 2.21. The minimum absolute atomic E-state index is 0.465. The summed E-state index contributed by atoms with van der Waals surface area (Å²) in [6, 6.07) is 7.09. The number of rotatable bonds is 6. The highest BCUT2D eigenvalue weighted by atomic mass is 28.3. The van der Waals surface area contributed by atoms with E-state index in [0.717, 1.165) is 29.0 Å². The van der Waals surface area contributed by atoms with Gasteiger partial charge in [-0.25, -0.2) is 4.98 Å². The number of nitrogens with zero attached hydrogens (tertiary/aromatic N) is 2. The zero-order valence-corrected chi connectivity index (χ0v) is 14.7. The second kappa shape index (κ2) is 6.30. The van der Waals surface area contributed by atoms with E-state index >= 15 is 0 Å². The lowest BCUT2D eigenvalue weighted by Gasteiger charge is -2.16. The molecular weight excluding hydrogens is 280 g/mol. The van der Waals surface area contributed by atoms with Gasteiger partial charge in [0.15, 0.2) is 0 Å². The number of aliphatic hydroxyl groups is 1. The monoisotopic (exact) mass is 306 g/mol. The van der Waals surface area contributed by atoms with Gasteiger partial charge in [0.1, 0.15) is 12.6 Å². The van der Waals surface area contributed by atoms with Crippen molar-refractivity contribution in [3.05, 3.63) is 29.6 Å². The van der Waals surface area contributed by atoms with E-state index in [1.165, 1.54) is 6.04 Å². The van der Waals surface area contributed by atoms with Crippen LogP contribution in [0.25, 0.3) is 11.0 Å². The third-order valence-electron chi connectivity index (χ3n) is 3.66. The largest absolute Gasteiger partial charge is 0.389 e. The highest BCUT2D eigenvalue weighted by Gasteiger charge is 2.13. The molecule has 0 fully saturated rings. The van der Waals surface area contributed by atoms with Crippen molar-refractivity contribution >= 4 is 19.1 Å². The summed E-state index contributed by atoms with van der Waals surface area (Å²) in [5.41, 5.74) is 2.87. The molecule has 1 unspecified atom stereocenters. The molecule has 0 radical (unpaired) electrons. The Hall–Kier alpha value is -1.17. The summed E-state index contributed by atoms with van der Waals surface area (Å²) in [6.07, 6.45) is -0.465. The molecule has 0 saturated carbocycles. The maximum absolute atomic E-state index is 9.65. The fraction of sp³-hybridized carbons (Fsp3) is 0.562. The number of ether oxygens (including phenoxy) is 1. The van der Waals surface area contributed by atoms with Gasteiger partial charge in [0.05, 0.1) is 17.1 Å². The molecule has 116 valence electrons. The van der Waals surface area contributed by atoms with Crippen LogP contribution in [0.2, 0.25) is 25.7 Å². The zero-order chi connectivity index (χ0) is 15.6. The first kappa shape index (κ1) is 16.2. The van der Waals surface area contributed by atoms with Crippen molar-refractivity contribution in [2.24, 2.45) is 0 Å². The molecule has 0 aliphatic carbocycles. The molecule has 0 spiro atoms. The molecule has 0 bridgehead atoms. The van der Waals surface area contributed by atoms with Crippen LogP contribution in [-0.4, -0.2) is 29.3 Å². The molecule has 5 heteroatoms. The summed E-state index contributed by atoms with van der Waals surface area (Å²) in [5.74, 6) is 0.945. The van der Waals surface area contributed by atoms with Crippen molar-refractivity contribution in [2.45, 2.75) is 52.4 Å². The van der Waals surface area contributed by atoms with E-state index in [1.54, 1.807) is 6.92 Å². The number of benzene rings is 1. The van der Waals surface area contributed by atoms with E-state index in [4.69, 9.17) is 4.74 Å². The van der Waals surface area contributed by atoms with E-state index in [1.807, 2.05) is 25.1 Å². The second-order valence-corrected chi connectivity index (χ2v) is 12.5. The Balaban J connectivity index is 2.11. The fourth-order valence-corrected chi connectivity index (χ4v) is 2.98. The molecule has 4 nitrogen and oxygen atoms in total. The number of aryl methyl sites for hydroxylation is 1. The van der Waals surface area contributed by atoms with Crippen molar-refractivity contribution in [3.63, 3.8) is 0 Å². The molecule has 0 amide bonds. The lowest BCUT2D eigenvalue weighted by atomic mass is 10.1. The Morgan fingerprint density at radius 1 is 1.33 bits per heavy atom. The topological polar surface area (TPSA) is 47.3 Å². The van der Waals surface area contributed by atoms with Crippen LogP contribution in [-0.2, 0) is 11.5 Å². The summed E-state index contributed by atoms with van der Waals surface area (Å²) in [4.78, 5) is 4.56. The van der Waals surface area contributed by atoms with Gasteiger partial charge in [-0.15, -0.1) is 0 Å². The van der Waals surface area contributed by atoms with Gasteiger partial charge in [-0.1, -0.05) is 25.7 Å². The van der Waals surface area contributed by atoms with Crippen LogP contribution in [0.4, 0.5) is 0 Å². The minimum Gasteiger partial charge on any atom is -0.389 e. The van der Waals surface area contributed by atoms with Crippen LogP contribution in [0.1, 0.15) is 24.4 Å². The lowest BCUT2D eigenvalue weighted by Crippen LogP contribution is -2.22. The second-order valence-electron chi connectivity index (χ2n) is 6.86. The van der Waals surface area contributed by atoms with Gasteiger partial charge >= 0.3 is 0 Å². The molecule has 1 atom stereocenters. The number of imidazole rings is 1. The first-order valence-electron chi connectivity index (χ1n) is 7.50. The molecule has 0 aliphatic heterocycles. The molecule has 1 aromatic heterocycles. The average molecular weight is 306 g/mol. The Morgan fingerprint density at radius 3 is 2.67 bits per heavy atom. The SMILES string of the molecule is Cc1nc2cc(C(C)O)ccc2n1COCC[Si](C)(C)C. The van der Waals surface area contributed by atoms with E-state index in [2.05, 4.69) is 29.2 Å². The van der Waals surface area contributed by atoms with Gasteiger partial charge in [-0.05, 0) is 37.6 Å². The third-order valence-corrected chi connectivity index (χ3v) is 5.37. The summed E-state index contributed by atoms with van der Waals surface area (Å²) in [6.45, 7) is 12.2. The van der Waals surface area contributed by atoms with E-state index in [0.29, 0.717) is 6.73 Å². The predicted octanol–water partition coefficient (Wildman–Crippen LogP) is 3.71. The van der Waals surface area contributed by atoms with Crippen LogP contribution < -0.4 is 0 Å². The number of aliphatic hydroxyl groups excluding tert-OH is 1. The van der Waals surface area contributed by atoms with Crippen molar-refractivity contribution in [2.75, 3.05) is 6.61 Å². The van der Waals surface area contributed by atoms with Crippen LogP contribution in [0.3, 0.4) is 0 Å². The smallest absolute Gasteiger partial charge is 0.124 e. The molecule has 0 aliphatic rings. The summed E-state index contributed by atoms with van der Waals surface area (Å²) in [7, 11) is -1.04. The van der Waals surface area contributed by atoms with Crippen molar-refractivity contribution < 1.29 is 9.84 Å². The van der Waals surface area contributed by atoms with Crippen LogP contribution in [0.5, 0.6) is 0 Å². The lowest BCUT2D eigenvalue weighted by molar-refractivity contribution is 0.0885. The number of aromatic nitrogens is 2. The normalized spacial score (nSPS) is 13.8. The molecule has 1 N–H and O–H groups in total. The molecule has 0 saturated heterocycles. The van der Waals surface area contributed by atoms with Crippen molar-refractivity contribution in [1.29, 1.82) is 0 Å². The van der Waals surface area contributed by atoms with Crippen LogP contribution in [0, 0.1) is 6.92 Å². The third kappa shape index (κ3) is 4.15. The van der Waals surface area contributed by atoms with Gasteiger partial charge in [-0.3, -0.25) is 0 Å². The van der Waals surface area contributed by atoms with Crippen LogP contribution >= 0.6 is 0 Å². The summed E-state index contributed by atoms with van der Waals surface area (Å²) >= 11 is 0. The van der Waals surface area contributed by atoms with Gasteiger partial charge in [-0.2, -0.15) is 0 Å².